The van der Waals surface area contributed by atoms with Crippen LogP contribution in [-0.4, -0.2) is 25.4 Å². The summed E-state index contributed by atoms with van der Waals surface area (Å²) in [5.74, 6) is 1.79. The van der Waals surface area contributed by atoms with Crippen LogP contribution in [-0.2, 0) is 11.3 Å². The normalized spacial score (nSPS) is 10.0. The fraction of sp³-hybridized carbons (Fsp3) is 0.500. The van der Waals surface area contributed by atoms with Crippen molar-refractivity contribution in [2.45, 2.75) is 13.5 Å². The lowest BCUT2D eigenvalue weighted by atomic mass is 10.4. The van der Waals surface area contributed by atoms with Crippen molar-refractivity contribution < 1.29 is 9.15 Å². The summed E-state index contributed by atoms with van der Waals surface area (Å²) in [4.78, 5) is 0. The highest BCUT2D eigenvalue weighted by molar-refractivity contribution is 7.80. The summed E-state index contributed by atoms with van der Waals surface area (Å²) < 4.78 is 10.3. The quantitative estimate of drug-likeness (QED) is 0.586. The van der Waals surface area contributed by atoms with E-state index in [0.29, 0.717) is 24.8 Å². The molecule has 0 aromatic carbocycles. The molecule has 4 nitrogen and oxygen atoms in total. The van der Waals surface area contributed by atoms with E-state index < -0.39 is 0 Å². The van der Waals surface area contributed by atoms with Crippen LogP contribution in [0.3, 0.4) is 0 Å². The first-order valence-electron chi connectivity index (χ1n) is 4.78. The SMILES string of the molecule is COCCNC(=S)NCc1ccc(C)o1. The highest BCUT2D eigenvalue weighted by atomic mass is 32.1. The Balaban J connectivity index is 2.16. The number of rotatable bonds is 5. The Morgan fingerprint density at radius 3 is 2.87 bits per heavy atom. The summed E-state index contributed by atoms with van der Waals surface area (Å²) in [5, 5.41) is 6.67. The third kappa shape index (κ3) is 4.80. The van der Waals surface area contributed by atoms with Gasteiger partial charge in [-0.3, -0.25) is 0 Å². The van der Waals surface area contributed by atoms with E-state index in [2.05, 4.69) is 10.6 Å². The van der Waals surface area contributed by atoms with E-state index in [-0.39, 0.29) is 0 Å². The smallest absolute Gasteiger partial charge is 0.166 e. The van der Waals surface area contributed by atoms with Crippen molar-refractivity contribution in [3.05, 3.63) is 23.7 Å². The molecule has 0 fully saturated rings. The molecule has 15 heavy (non-hydrogen) atoms. The molecule has 0 saturated heterocycles. The first kappa shape index (κ1) is 12.0. The summed E-state index contributed by atoms with van der Waals surface area (Å²) in [5.41, 5.74) is 0. The maximum absolute atomic E-state index is 5.38. The number of hydrogen-bond acceptors (Lipinski definition) is 3. The molecular formula is C10H16N2O2S. The van der Waals surface area contributed by atoms with Gasteiger partial charge in [0.15, 0.2) is 5.11 Å². The molecule has 0 spiro atoms. The average molecular weight is 228 g/mol. The van der Waals surface area contributed by atoms with Crippen molar-refractivity contribution in [1.29, 1.82) is 0 Å². The molecule has 1 heterocycles. The second-order valence-corrected chi connectivity index (χ2v) is 3.52. The lowest BCUT2D eigenvalue weighted by Gasteiger charge is -2.08. The fourth-order valence-corrected chi connectivity index (χ4v) is 1.25. The summed E-state index contributed by atoms with van der Waals surface area (Å²) in [6.07, 6.45) is 0. The van der Waals surface area contributed by atoms with Crippen LogP contribution >= 0.6 is 12.2 Å². The van der Waals surface area contributed by atoms with Crippen LogP contribution in [0.15, 0.2) is 16.5 Å². The van der Waals surface area contributed by atoms with E-state index in [1.807, 2.05) is 19.1 Å². The van der Waals surface area contributed by atoms with Crippen molar-refractivity contribution >= 4 is 17.3 Å². The van der Waals surface area contributed by atoms with Crippen LogP contribution in [0.5, 0.6) is 0 Å². The molecule has 0 bridgehead atoms. The monoisotopic (exact) mass is 228 g/mol. The van der Waals surface area contributed by atoms with Gasteiger partial charge in [-0.1, -0.05) is 0 Å². The van der Waals surface area contributed by atoms with Gasteiger partial charge >= 0.3 is 0 Å². The molecule has 1 aromatic heterocycles. The average Bonchev–Trinajstić information content (AvgIpc) is 2.62. The van der Waals surface area contributed by atoms with Crippen molar-refractivity contribution in [2.75, 3.05) is 20.3 Å². The Morgan fingerprint density at radius 1 is 1.47 bits per heavy atom. The number of hydrogen-bond donors (Lipinski definition) is 2. The molecule has 0 amide bonds. The number of thiocarbonyl (C=S) groups is 1. The van der Waals surface area contributed by atoms with E-state index in [1.54, 1.807) is 7.11 Å². The number of nitrogens with one attached hydrogen (secondary N) is 2. The Kier molecular flexibility index (Phi) is 5.14. The minimum Gasteiger partial charge on any atom is -0.465 e. The third-order valence-electron chi connectivity index (χ3n) is 1.81. The predicted octanol–water partition coefficient (Wildman–Crippen LogP) is 1.20. The molecule has 2 N–H and O–H groups in total. The second kappa shape index (κ2) is 6.42. The summed E-state index contributed by atoms with van der Waals surface area (Å²) in [6.45, 7) is 3.87. The van der Waals surface area contributed by atoms with E-state index in [1.165, 1.54) is 0 Å². The van der Waals surface area contributed by atoms with Gasteiger partial charge in [0.05, 0.1) is 13.2 Å². The molecule has 1 aromatic rings. The van der Waals surface area contributed by atoms with Gasteiger partial charge in [0.25, 0.3) is 0 Å². The highest BCUT2D eigenvalue weighted by Gasteiger charge is 1.99. The van der Waals surface area contributed by atoms with Crippen LogP contribution in [0.2, 0.25) is 0 Å². The summed E-state index contributed by atoms with van der Waals surface area (Å²) >= 11 is 5.05. The van der Waals surface area contributed by atoms with Gasteiger partial charge in [-0.25, -0.2) is 0 Å². The minimum atomic E-state index is 0.604. The lowest BCUT2D eigenvalue weighted by molar-refractivity contribution is 0.204. The fourth-order valence-electron chi connectivity index (χ4n) is 1.08. The number of methoxy groups -OCH3 is 1. The zero-order valence-corrected chi connectivity index (χ0v) is 9.82. The largest absolute Gasteiger partial charge is 0.465 e. The molecule has 84 valence electrons. The van der Waals surface area contributed by atoms with Crippen LogP contribution in [0, 0.1) is 6.92 Å². The standard InChI is InChI=1S/C10H16N2O2S/c1-8-3-4-9(14-8)7-12-10(15)11-5-6-13-2/h3-4H,5-7H2,1-2H3,(H2,11,12,15). The minimum absolute atomic E-state index is 0.604. The van der Waals surface area contributed by atoms with E-state index in [9.17, 15) is 0 Å². The molecule has 0 aliphatic heterocycles. The molecule has 0 aliphatic rings. The van der Waals surface area contributed by atoms with Crippen LogP contribution in [0.1, 0.15) is 11.5 Å². The van der Waals surface area contributed by atoms with Gasteiger partial charge in [0.2, 0.25) is 0 Å². The molecule has 0 unspecified atom stereocenters. The van der Waals surface area contributed by atoms with Gasteiger partial charge in [-0.2, -0.15) is 0 Å². The zero-order valence-electron chi connectivity index (χ0n) is 9.00. The first-order valence-corrected chi connectivity index (χ1v) is 5.19. The lowest BCUT2D eigenvalue weighted by Crippen LogP contribution is -2.36. The van der Waals surface area contributed by atoms with E-state index in [0.717, 1.165) is 11.5 Å². The Morgan fingerprint density at radius 2 is 2.27 bits per heavy atom. The van der Waals surface area contributed by atoms with Crippen LogP contribution in [0.4, 0.5) is 0 Å². The van der Waals surface area contributed by atoms with Crippen molar-refractivity contribution in [3.8, 4) is 0 Å². The maximum atomic E-state index is 5.38. The topological polar surface area (TPSA) is 46.4 Å². The maximum Gasteiger partial charge on any atom is 0.166 e. The predicted molar refractivity (Wildman–Crippen MR) is 62.8 cm³/mol. The second-order valence-electron chi connectivity index (χ2n) is 3.11. The summed E-state index contributed by atoms with van der Waals surface area (Å²) in [7, 11) is 1.66. The van der Waals surface area contributed by atoms with Gasteiger partial charge < -0.3 is 19.8 Å². The first-order chi connectivity index (χ1) is 7.22. The molecule has 0 radical (unpaired) electrons. The number of furan rings is 1. The third-order valence-corrected chi connectivity index (χ3v) is 2.10. The molecule has 5 heteroatoms. The van der Waals surface area contributed by atoms with Crippen LogP contribution in [0.25, 0.3) is 0 Å². The van der Waals surface area contributed by atoms with Gasteiger partial charge in [-0.15, -0.1) is 0 Å². The van der Waals surface area contributed by atoms with E-state index in [4.69, 9.17) is 21.4 Å². The Bertz CT molecular complexity index is 312. The molecule has 0 atom stereocenters. The summed E-state index contributed by atoms with van der Waals surface area (Å²) in [6, 6.07) is 3.86. The van der Waals surface area contributed by atoms with Gasteiger partial charge in [0.1, 0.15) is 11.5 Å². The Hall–Kier alpha value is -1.07. The van der Waals surface area contributed by atoms with Crippen LogP contribution < -0.4 is 10.6 Å². The molecular weight excluding hydrogens is 212 g/mol. The molecule has 0 aliphatic carbocycles. The van der Waals surface area contributed by atoms with Crippen molar-refractivity contribution in [2.24, 2.45) is 0 Å². The number of aryl methyl sites for hydroxylation is 1. The molecule has 1 rings (SSSR count). The van der Waals surface area contributed by atoms with Crippen molar-refractivity contribution in [3.63, 3.8) is 0 Å². The van der Waals surface area contributed by atoms with Gasteiger partial charge in [0, 0.05) is 13.7 Å². The van der Waals surface area contributed by atoms with E-state index >= 15 is 0 Å². The zero-order chi connectivity index (χ0) is 11.1. The molecule has 0 saturated carbocycles. The number of ether oxygens (including phenoxy) is 1. The van der Waals surface area contributed by atoms with Crippen molar-refractivity contribution in [1.82, 2.24) is 10.6 Å². The Labute approximate surface area is 95.0 Å². The van der Waals surface area contributed by atoms with Gasteiger partial charge in [-0.05, 0) is 31.3 Å². The highest BCUT2D eigenvalue weighted by Crippen LogP contribution is 2.04.